The number of hydrogen-bond acceptors (Lipinski definition) is 3. The predicted molar refractivity (Wildman–Crippen MR) is 85.4 cm³/mol. The lowest BCUT2D eigenvalue weighted by atomic mass is 10.3. The zero-order chi connectivity index (χ0) is 17.3. The minimum atomic E-state index is -0.666. The molecular weight excluding hydrogens is 338 g/mol. The van der Waals surface area contributed by atoms with Crippen molar-refractivity contribution < 1.29 is 13.6 Å². The quantitative estimate of drug-likeness (QED) is 0.784. The number of aryl methyl sites for hydroxylation is 1. The molecule has 24 heavy (non-hydrogen) atoms. The topological polar surface area (TPSA) is 59.8 Å². The number of rotatable bonds is 3. The molecule has 0 bridgehead atoms. The first-order valence-corrected chi connectivity index (χ1v) is 7.28. The normalized spacial score (nSPS) is 10.7. The number of nitrogens with zero attached hydrogens (tertiary/aromatic N) is 3. The van der Waals surface area contributed by atoms with Crippen LogP contribution in [0.1, 0.15) is 16.4 Å². The van der Waals surface area contributed by atoms with Crippen LogP contribution in [0, 0.1) is 18.6 Å². The highest BCUT2D eigenvalue weighted by Crippen LogP contribution is 2.19. The third kappa shape index (κ3) is 3.26. The van der Waals surface area contributed by atoms with Gasteiger partial charge in [0.2, 0.25) is 5.82 Å². The van der Waals surface area contributed by atoms with Gasteiger partial charge in [-0.3, -0.25) is 4.79 Å². The summed E-state index contributed by atoms with van der Waals surface area (Å²) >= 11 is 5.67. The summed E-state index contributed by atoms with van der Waals surface area (Å²) in [6.07, 6.45) is 0. The highest BCUT2D eigenvalue weighted by molar-refractivity contribution is 6.30. The van der Waals surface area contributed by atoms with E-state index in [1.54, 1.807) is 6.92 Å². The fourth-order valence-corrected chi connectivity index (χ4v) is 2.24. The van der Waals surface area contributed by atoms with Crippen LogP contribution in [0.3, 0.4) is 0 Å². The van der Waals surface area contributed by atoms with Gasteiger partial charge in [0, 0.05) is 5.02 Å². The van der Waals surface area contributed by atoms with Gasteiger partial charge in [-0.05, 0) is 49.4 Å². The minimum Gasteiger partial charge on any atom is -0.317 e. The molecule has 1 aromatic heterocycles. The number of amides is 1. The van der Waals surface area contributed by atoms with E-state index in [4.69, 9.17) is 11.6 Å². The number of nitrogens with one attached hydrogen (secondary N) is 1. The summed E-state index contributed by atoms with van der Waals surface area (Å²) in [5, 5.41) is 6.68. The van der Waals surface area contributed by atoms with Gasteiger partial charge >= 0.3 is 0 Å². The fourth-order valence-electron chi connectivity index (χ4n) is 2.08. The number of halogens is 3. The Morgan fingerprint density at radius 1 is 1.17 bits per heavy atom. The lowest BCUT2D eigenvalue weighted by molar-refractivity contribution is 0.101. The first-order chi connectivity index (χ1) is 11.4. The van der Waals surface area contributed by atoms with Crippen molar-refractivity contribution in [1.82, 2.24) is 14.8 Å². The molecule has 1 heterocycles. The van der Waals surface area contributed by atoms with Crippen LogP contribution in [0.2, 0.25) is 5.02 Å². The zero-order valence-corrected chi connectivity index (χ0v) is 13.2. The monoisotopic (exact) mass is 348 g/mol. The van der Waals surface area contributed by atoms with Crippen molar-refractivity contribution in [2.75, 3.05) is 5.32 Å². The third-order valence-electron chi connectivity index (χ3n) is 3.22. The van der Waals surface area contributed by atoms with E-state index in [0.29, 0.717) is 11.5 Å². The van der Waals surface area contributed by atoms with Gasteiger partial charge in [0.1, 0.15) is 17.5 Å². The Labute approximate surface area is 140 Å². The molecule has 0 saturated carbocycles. The smallest absolute Gasteiger partial charge is 0.295 e. The fraction of sp³-hybridized carbons (Fsp3) is 0.0625. The number of anilines is 1. The Morgan fingerprint density at radius 2 is 1.88 bits per heavy atom. The lowest BCUT2D eigenvalue weighted by Gasteiger charge is -2.04. The molecule has 0 unspecified atom stereocenters. The number of hydrogen-bond donors (Lipinski definition) is 1. The van der Waals surface area contributed by atoms with Crippen molar-refractivity contribution in [3.05, 3.63) is 70.8 Å². The molecule has 122 valence electrons. The number of carbonyl (C=O) groups is 1. The van der Waals surface area contributed by atoms with Crippen LogP contribution in [0.15, 0.2) is 42.5 Å². The first-order valence-electron chi connectivity index (χ1n) is 6.90. The van der Waals surface area contributed by atoms with E-state index in [0.717, 1.165) is 6.07 Å². The minimum absolute atomic E-state index is 0.0276. The van der Waals surface area contributed by atoms with Crippen LogP contribution < -0.4 is 5.32 Å². The Balaban J connectivity index is 1.86. The summed E-state index contributed by atoms with van der Waals surface area (Å²) in [4.78, 5) is 16.2. The van der Waals surface area contributed by atoms with Crippen molar-refractivity contribution in [1.29, 1.82) is 0 Å². The predicted octanol–water partition coefficient (Wildman–Crippen LogP) is 3.76. The van der Waals surface area contributed by atoms with Crippen molar-refractivity contribution in [3.8, 4) is 5.69 Å². The molecule has 0 spiro atoms. The average Bonchev–Trinajstić information content (AvgIpc) is 2.93. The van der Waals surface area contributed by atoms with E-state index < -0.39 is 11.7 Å². The SMILES string of the molecule is Cc1nc(C(=O)Nc2ccc(Cl)cc2F)nn1-c1ccc(F)cc1. The van der Waals surface area contributed by atoms with Crippen LogP contribution in [0.5, 0.6) is 0 Å². The van der Waals surface area contributed by atoms with Crippen LogP contribution in [0.25, 0.3) is 5.69 Å². The largest absolute Gasteiger partial charge is 0.317 e. The number of benzene rings is 2. The van der Waals surface area contributed by atoms with E-state index in [2.05, 4.69) is 15.4 Å². The summed E-state index contributed by atoms with van der Waals surface area (Å²) in [5.74, 6) is -1.41. The molecule has 0 atom stereocenters. The molecule has 8 heteroatoms. The van der Waals surface area contributed by atoms with Gasteiger partial charge in [-0.25, -0.2) is 18.4 Å². The Kier molecular flexibility index (Phi) is 4.26. The van der Waals surface area contributed by atoms with Gasteiger partial charge in [0.15, 0.2) is 0 Å². The standard InChI is InChI=1S/C16H11ClF2N4O/c1-9-20-15(22-23(9)12-5-3-11(18)4-6-12)16(24)21-14-7-2-10(17)8-13(14)19/h2-8H,1H3,(H,21,24). The molecule has 0 radical (unpaired) electrons. The highest BCUT2D eigenvalue weighted by atomic mass is 35.5. The van der Waals surface area contributed by atoms with Gasteiger partial charge in [-0.1, -0.05) is 11.6 Å². The van der Waals surface area contributed by atoms with E-state index in [1.807, 2.05) is 0 Å². The van der Waals surface area contributed by atoms with Gasteiger partial charge in [-0.2, -0.15) is 0 Å². The second-order valence-electron chi connectivity index (χ2n) is 4.95. The van der Waals surface area contributed by atoms with Crippen molar-refractivity contribution in [3.63, 3.8) is 0 Å². The molecule has 0 saturated heterocycles. The van der Waals surface area contributed by atoms with Gasteiger partial charge < -0.3 is 5.32 Å². The molecule has 0 aliphatic heterocycles. The van der Waals surface area contributed by atoms with Crippen LogP contribution in [-0.2, 0) is 0 Å². The number of carbonyl (C=O) groups excluding carboxylic acids is 1. The molecular formula is C16H11ClF2N4O. The molecule has 3 rings (SSSR count). The van der Waals surface area contributed by atoms with Gasteiger partial charge in [-0.15, -0.1) is 5.10 Å². The van der Waals surface area contributed by atoms with Crippen LogP contribution >= 0.6 is 11.6 Å². The second kappa shape index (κ2) is 6.37. The van der Waals surface area contributed by atoms with Gasteiger partial charge in [0.25, 0.3) is 5.91 Å². The molecule has 0 fully saturated rings. The van der Waals surface area contributed by atoms with Crippen LogP contribution in [-0.4, -0.2) is 20.7 Å². The molecule has 1 N–H and O–H groups in total. The van der Waals surface area contributed by atoms with Crippen LogP contribution in [0.4, 0.5) is 14.5 Å². The zero-order valence-electron chi connectivity index (χ0n) is 12.4. The highest BCUT2D eigenvalue weighted by Gasteiger charge is 2.17. The summed E-state index contributed by atoms with van der Waals surface area (Å²) in [7, 11) is 0. The Bertz CT molecular complexity index is 909. The number of aromatic nitrogens is 3. The van der Waals surface area contributed by atoms with Crippen molar-refractivity contribution in [2.24, 2.45) is 0 Å². The maximum Gasteiger partial charge on any atom is 0.295 e. The molecule has 0 aliphatic carbocycles. The van der Waals surface area contributed by atoms with Crippen molar-refractivity contribution in [2.45, 2.75) is 6.92 Å². The van der Waals surface area contributed by atoms with E-state index in [9.17, 15) is 13.6 Å². The average molecular weight is 349 g/mol. The lowest BCUT2D eigenvalue weighted by Crippen LogP contribution is -2.15. The van der Waals surface area contributed by atoms with Crippen molar-refractivity contribution >= 4 is 23.2 Å². The third-order valence-corrected chi connectivity index (χ3v) is 3.46. The van der Waals surface area contributed by atoms with E-state index in [1.165, 1.54) is 41.1 Å². The molecule has 3 aromatic rings. The summed E-state index contributed by atoms with van der Waals surface area (Å²) in [5.41, 5.74) is 0.526. The Hall–Kier alpha value is -2.80. The summed E-state index contributed by atoms with van der Waals surface area (Å²) in [6, 6.07) is 9.47. The van der Waals surface area contributed by atoms with Gasteiger partial charge in [0.05, 0.1) is 11.4 Å². The molecule has 2 aromatic carbocycles. The van der Waals surface area contributed by atoms with E-state index in [-0.39, 0.29) is 22.4 Å². The molecule has 5 nitrogen and oxygen atoms in total. The maximum atomic E-state index is 13.7. The second-order valence-corrected chi connectivity index (χ2v) is 5.39. The maximum absolute atomic E-state index is 13.7. The Morgan fingerprint density at radius 3 is 2.54 bits per heavy atom. The summed E-state index contributed by atoms with van der Waals surface area (Å²) < 4.78 is 28.1. The molecule has 1 amide bonds. The summed E-state index contributed by atoms with van der Waals surface area (Å²) in [6.45, 7) is 1.65. The molecule has 0 aliphatic rings. The first kappa shape index (κ1) is 16.1. The van der Waals surface area contributed by atoms with E-state index >= 15 is 0 Å².